The molecule has 0 bridgehead atoms. The van der Waals surface area contributed by atoms with Gasteiger partial charge in [-0.15, -0.1) is 0 Å². The van der Waals surface area contributed by atoms with Crippen molar-refractivity contribution >= 4 is 17.3 Å². The SMILES string of the molecule is COC(=O)C(NCCc1ccsc1)c1ccccc1. The zero-order valence-corrected chi connectivity index (χ0v) is 11.7. The highest BCUT2D eigenvalue weighted by atomic mass is 32.1. The van der Waals surface area contributed by atoms with E-state index < -0.39 is 6.04 Å². The summed E-state index contributed by atoms with van der Waals surface area (Å²) in [6.07, 6.45) is 0.907. The number of rotatable bonds is 6. The molecule has 1 heterocycles. The van der Waals surface area contributed by atoms with E-state index in [4.69, 9.17) is 4.74 Å². The van der Waals surface area contributed by atoms with Gasteiger partial charge >= 0.3 is 5.97 Å². The quantitative estimate of drug-likeness (QED) is 0.824. The van der Waals surface area contributed by atoms with Crippen molar-refractivity contribution in [2.75, 3.05) is 13.7 Å². The van der Waals surface area contributed by atoms with Crippen molar-refractivity contribution in [3.05, 3.63) is 58.3 Å². The van der Waals surface area contributed by atoms with Gasteiger partial charge in [-0.2, -0.15) is 11.3 Å². The van der Waals surface area contributed by atoms with Crippen LogP contribution >= 0.6 is 11.3 Å². The average molecular weight is 275 g/mol. The Morgan fingerprint density at radius 3 is 2.74 bits per heavy atom. The van der Waals surface area contributed by atoms with E-state index in [-0.39, 0.29) is 5.97 Å². The van der Waals surface area contributed by atoms with Crippen LogP contribution in [0.15, 0.2) is 47.2 Å². The first kappa shape index (κ1) is 13.8. The van der Waals surface area contributed by atoms with Crippen LogP contribution in [0.1, 0.15) is 17.2 Å². The second kappa shape index (κ2) is 7.07. The second-order valence-corrected chi connectivity index (χ2v) is 4.98. The number of benzene rings is 1. The Bertz CT molecular complexity index is 496. The van der Waals surface area contributed by atoms with E-state index in [1.54, 1.807) is 11.3 Å². The maximum atomic E-state index is 11.8. The summed E-state index contributed by atoms with van der Waals surface area (Å²) >= 11 is 1.69. The number of carbonyl (C=O) groups is 1. The predicted octanol–water partition coefficient (Wildman–Crippen LogP) is 2.79. The van der Waals surface area contributed by atoms with Gasteiger partial charge in [0.15, 0.2) is 0 Å². The number of carbonyl (C=O) groups excluding carboxylic acids is 1. The van der Waals surface area contributed by atoms with Crippen LogP contribution in [0, 0.1) is 0 Å². The lowest BCUT2D eigenvalue weighted by Crippen LogP contribution is -2.31. The molecule has 1 aromatic heterocycles. The fraction of sp³-hybridized carbons (Fsp3) is 0.267. The zero-order chi connectivity index (χ0) is 13.5. The van der Waals surface area contributed by atoms with Crippen LogP contribution in [0.5, 0.6) is 0 Å². The van der Waals surface area contributed by atoms with E-state index in [1.807, 2.05) is 30.3 Å². The minimum atomic E-state index is -0.398. The average Bonchev–Trinajstić information content (AvgIpc) is 2.97. The van der Waals surface area contributed by atoms with Crippen LogP contribution < -0.4 is 5.32 Å². The first-order chi connectivity index (χ1) is 9.31. The molecule has 2 aromatic rings. The molecule has 1 N–H and O–H groups in total. The van der Waals surface area contributed by atoms with Gasteiger partial charge in [-0.3, -0.25) is 0 Å². The molecule has 0 spiro atoms. The molecule has 4 heteroatoms. The van der Waals surface area contributed by atoms with Crippen LogP contribution in [-0.2, 0) is 16.0 Å². The number of ether oxygens (including phenoxy) is 1. The van der Waals surface area contributed by atoms with Crippen molar-refractivity contribution < 1.29 is 9.53 Å². The fourth-order valence-electron chi connectivity index (χ4n) is 1.90. The van der Waals surface area contributed by atoms with Crippen LogP contribution in [0.25, 0.3) is 0 Å². The van der Waals surface area contributed by atoms with Gasteiger partial charge in [-0.05, 0) is 34.4 Å². The van der Waals surface area contributed by atoms with Crippen LogP contribution in [-0.4, -0.2) is 19.6 Å². The maximum absolute atomic E-state index is 11.8. The van der Waals surface area contributed by atoms with Gasteiger partial charge in [0.2, 0.25) is 0 Å². The summed E-state index contributed by atoms with van der Waals surface area (Å²) in [5.74, 6) is -0.253. The molecule has 0 fully saturated rings. The summed E-state index contributed by atoms with van der Waals surface area (Å²) in [4.78, 5) is 11.8. The Kier molecular flexibility index (Phi) is 5.12. The van der Waals surface area contributed by atoms with Gasteiger partial charge in [0.25, 0.3) is 0 Å². The maximum Gasteiger partial charge on any atom is 0.327 e. The summed E-state index contributed by atoms with van der Waals surface area (Å²) in [6.45, 7) is 0.741. The van der Waals surface area contributed by atoms with Crippen molar-refractivity contribution in [1.82, 2.24) is 5.32 Å². The van der Waals surface area contributed by atoms with Gasteiger partial charge in [0.05, 0.1) is 7.11 Å². The Morgan fingerprint density at radius 1 is 1.32 bits per heavy atom. The molecule has 3 nitrogen and oxygen atoms in total. The lowest BCUT2D eigenvalue weighted by Gasteiger charge is -2.16. The lowest BCUT2D eigenvalue weighted by atomic mass is 10.1. The number of methoxy groups -OCH3 is 1. The smallest absolute Gasteiger partial charge is 0.327 e. The van der Waals surface area contributed by atoms with Crippen molar-refractivity contribution in [2.45, 2.75) is 12.5 Å². The molecule has 2 rings (SSSR count). The normalized spacial score (nSPS) is 12.1. The molecule has 0 aliphatic heterocycles. The summed E-state index contributed by atoms with van der Waals surface area (Å²) in [6, 6.07) is 11.3. The highest BCUT2D eigenvalue weighted by Crippen LogP contribution is 2.14. The first-order valence-electron chi connectivity index (χ1n) is 6.18. The highest BCUT2D eigenvalue weighted by molar-refractivity contribution is 7.07. The van der Waals surface area contributed by atoms with Crippen LogP contribution in [0.3, 0.4) is 0 Å². The van der Waals surface area contributed by atoms with E-state index in [0.717, 1.165) is 18.5 Å². The molecular formula is C15H17NO2S. The Labute approximate surface area is 117 Å². The van der Waals surface area contributed by atoms with E-state index in [0.29, 0.717) is 0 Å². The number of nitrogens with one attached hydrogen (secondary N) is 1. The molecule has 0 aliphatic carbocycles. The number of hydrogen-bond donors (Lipinski definition) is 1. The molecule has 1 aromatic carbocycles. The van der Waals surface area contributed by atoms with Crippen molar-refractivity contribution in [1.29, 1.82) is 0 Å². The molecule has 1 atom stereocenters. The third-order valence-electron chi connectivity index (χ3n) is 2.91. The van der Waals surface area contributed by atoms with Gasteiger partial charge in [-0.1, -0.05) is 30.3 Å². The monoisotopic (exact) mass is 275 g/mol. The summed E-state index contributed by atoms with van der Waals surface area (Å²) in [5.41, 5.74) is 2.22. The topological polar surface area (TPSA) is 38.3 Å². The predicted molar refractivity (Wildman–Crippen MR) is 77.2 cm³/mol. The molecular weight excluding hydrogens is 258 g/mol. The molecule has 0 amide bonds. The second-order valence-electron chi connectivity index (χ2n) is 4.20. The summed E-state index contributed by atoms with van der Waals surface area (Å²) in [5, 5.41) is 7.44. The van der Waals surface area contributed by atoms with E-state index in [1.165, 1.54) is 12.7 Å². The fourth-order valence-corrected chi connectivity index (χ4v) is 2.60. The molecule has 19 heavy (non-hydrogen) atoms. The molecule has 0 radical (unpaired) electrons. The lowest BCUT2D eigenvalue weighted by molar-refractivity contribution is -0.143. The third-order valence-corrected chi connectivity index (χ3v) is 3.64. The minimum absolute atomic E-state index is 0.253. The molecule has 1 unspecified atom stereocenters. The van der Waals surface area contributed by atoms with Crippen molar-refractivity contribution in [2.24, 2.45) is 0 Å². The number of esters is 1. The number of thiophene rings is 1. The van der Waals surface area contributed by atoms with Gasteiger partial charge in [0.1, 0.15) is 6.04 Å². The largest absolute Gasteiger partial charge is 0.468 e. The summed E-state index contributed by atoms with van der Waals surface area (Å²) in [7, 11) is 1.42. The third kappa shape index (κ3) is 3.91. The van der Waals surface area contributed by atoms with Crippen molar-refractivity contribution in [3.63, 3.8) is 0 Å². The molecule has 0 saturated heterocycles. The summed E-state index contributed by atoms with van der Waals surface area (Å²) < 4.78 is 4.86. The van der Waals surface area contributed by atoms with E-state index >= 15 is 0 Å². The Balaban J connectivity index is 1.97. The van der Waals surface area contributed by atoms with Crippen LogP contribution in [0.2, 0.25) is 0 Å². The molecule has 100 valence electrons. The van der Waals surface area contributed by atoms with E-state index in [2.05, 4.69) is 22.1 Å². The highest BCUT2D eigenvalue weighted by Gasteiger charge is 2.19. The van der Waals surface area contributed by atoms with Gasteiger partial charge in [0, 0.05) is 6.54 Å². The Morgan fingerprint density at radius 2 is 2.11 bits per heavy atom. The number of hydrogen-bond acceptors (Lipinski definition) is 4. The van der Waals surface area contributed by atoms with E-state index in [9.17, 15) is 4.79 Å². The molecule has 0 saturated carbocycles. The van der Waals surface area contributed by atoms with Gasteiger partial charge in [-0.25, -0.2) is 4.79 Å². The minimum Gasteiger partial charge on any atom is -0.468 e. The first-order valence-corrected chi connectivity index (χ1v) is 7.13. The van der Waals surface area contributed by atoms with Crippen molar-refractivity contribution in [3.8, 4) is 0 Å². The zero-order valence-electron chi connectivity index (χ0n) is 10.8. The standard InChI is InChI=1S/C15H17NO2S/c1-18-15(17)14(13-5-3-2-4-6-13)16-9-7-12-8-10-19-11-12/h2-6,8,10-11,14,16H,7,9H2,1H3. The molecule has 0 aliphatic rings. The van der Waals surface area contributed by atoms with Crippen LogP contribution in [0.4, 0.5) is 0 Å². The van der Waals surface area contributed by atoms with Gasteiger partial charge < -0.3 is 10.1 Å². The Hall–Kier alpha value is -1.65.